The van der Waals surface area contributed by atoms with Crippen LogP contribution in [-0.4, -0.2) is 25.2 Å². The Morgan fingerprint density at radius 2 is 2.06 bits per heavy atom. The minimum atomic E-state index is -0.138. The maximum atomic E-state index is 13.1. The van der Waals surface area contributed by atoms with Gasteiger partial charge in [-0.3, -0.25) is 0 Å². The quantitative estimate of drug-likeness (QED) is 0.885. The second-order valence-corrected chi connectivity index (χ2v) is 5.66. The number of rotatable bonds is 3. The molecule has 1 unspecified atom stereocenters. The fourth-order valence-corrected chi connectivity index (χ4v) is 2.89. The van der Waals surface area contributed by atoms with Crippen molar-refractivity contribution >= 4 is 5.69 Å². The Hall–Kier alpha value is -1.09. The third-order valence-electron chi connectivity index (χ3n) is 3.97. The number of nitrogens with zero attached hydrogens (tertiary/aromatic N) is 1. The maximum Gasteiger partial charge on any atom is 0.123 e. The van der Waals surface area contributed by atoms with Crippen molar-refractivity contribution in [3.05, 3.63) is 29.6 Å². The summed E-state index contributed by atoms with van der Waals surface area (Å²) < 4.78 is 13.1. The van der Waals surface area contributed by atoms with E-state index in [1.807, 2.05) is 13.0 Å². The molecule has 1 atom stereocenters. The summed E-state index contributed by atoms with van der Waals surface area (Å²) in [4.78, 5) is 2.40. The molecule has 1 aromatic carbocycles. The van der Waals surface area contributed by atoms with Crippen molar-refractivity contribution in [2.75, 3.05) is 18.0 Å². The van der Waals surface area contributed by atoms with Gasteiger partial charge >= 0.3 is 0 Å². The number of anilines is 1. The zero-order valence-electron chi connectivity index (χ0n) is 11.0. The number of hydrogen-bond donors (Lipinski definition) is 1. The predicted molar refractivity (Wildman–Crippen MR) is 72.5 cm³/mol. The van der Waals surface area contributed by atoms with Crippen LogP contribution in [0, 0.1) is 12.7 Å². The maximum absolute atomic E-state index is 13.1. The number of nitrogens with one attached hydrogen (secondary N) is 1. The van der Waals surface area contributed by atoms with E-state index < -0.39 is 0 Å². The fraction of sp³-hybridized carbons (Fsp3) is 0.600. The molecule has 2 fully saturated rings. The largest absolute Gasteiger partial charge is 0.370 e. The van der Waals surface area contributed by atoms with E-state index in [0.717, 1.165) is 24.7 Å². The van der Waals surface area contributed by atoms with E-state index in [4.69, 9.17) is 0 Å². The molecule has 0 radical (unpaired) electrons. The van der Waals surface area contributed by atoms with Crippen molar-refractivity contribution in [3.63, 3.8) is 0 Å². The molecule has 1 aliphatic heterocycles. The summed E-state index contributed by atoms with van der Waals surface area (Å²) in [5.41, 5.74) is 2.24. The molecule has 18 heavy (non-hydrogen) atoms. The number of benzene rings is 1. The summed E-state index contributed by atoms with van der Waals surface area (Å²) in [7, 11) is 0. The van der Waals surface area contributed by atoms with Crippen LogP contribution < -0.4 is 10.2 Å². The van der Waals surface area contributed by atoms with E-state index >= 15 is 0 Å². The van der Waals surface area contributed by atoms with Gasteiger partial charge in [0, 0.05) is 30.9 Å². The molecule has 98 valence electrons. The van der Waals surface area contributed by atoms with E-state index in [2.05, 4.69) is 10.2 Å². The lowest BCUT2D eigenvalue weighted by atomic mass is 10.0. The molecule has 3 heteroatoms. The Balaban J connectivity index is 1.70. The van der Waals surface area contributed by atoms with Crippen molar-refractivity contribution in [2.24, 2.45) is 0 Å². The average Bonchev–Trinajstić information content (AvgIpc) is 3.13. The molecule has 1 aromatic rings. The van der Waals surface area contributed by atoms with Gasteiger partial charge in [0.25, 0.3) is 0 Å². The third kappa shape index (κ3) is 2.66. The van der Waals surface area contributed by atoms with E-state index in [-0.39, 0.29) is 5.82 Å². The van der Waals surface area contributed by atoms with Gasteiger partial charge in [0.2, 0.25) is 0 Å². The SMILES string of the molecule is Cc1cc(F)ccc1N1CCCC(NC2CC2)C1. The van der Waals surface area contributed by atoms with Crippen LogP contribution >= 0.6 is 0 Å². The molecule has 0 amide bonds. The van der Waals surface area contributed by atoms with Crippen LogP contribution in [0.4, 0.5) is 10.1 Å². The van der Waals surface area contributed by atoms with Crippen LogP contribution in [0.15, 0.2) is 18.2 Å². The molecule has 1 heterocycles. The van der Waals surface area contributed by atoms with Gasteiger partial charge in [0.15, 0.2) is 0 Å². The van der Waals surface area contributed by atoms with Gasteiger partial charge in [0.1, 0.15) is 5.82 Å². The van der Waals surface area contributed by atoms with Crippen molar-refractivity contribution in [1.82, 2.24) is 5.32 Å². The standard InChI is InChI=1S/C15H21FN2/c1-11-9-12(16)4-7-15(11)18-8-2-3-14(10-18)17-13-5-6-13/h4,7,9,13-14,17H,2-3,5-6,8,10H2,1H3. The van der Waals surface area contributed by atoms with Gasteiger partial charge in [0.05, 0.1) is 0 Å². The number of piperidine rings is 1. The molecule has 3 rings (SSSR count). The zero-order chi connectivity index (χ0) is 12.5. The van der Waals surface area contributed by atoms with Gasteiger partial charge in [-0.05, 0) is 56.4 Å². The Kier molecular flexibility index (Phi) is 3.25. The number of halogens is 1. The first kappa shape index (κ1) is 12.0. The lowest BCUT2D eigenvalue weighted by molar-refractivity contribution is 0.420. The highest BCUT2D eigenvalue weighted by molar-refractivity contribution is 5.53. The topological polar surface area (TPSA) is 15.3 Å². The Labute approximate surface area is 108 Å². The molecule has 0 aromatic heterocycles. The molecule has 1 N–H and O–H groups in total. The lowest BCUT2D eigenvalue weighted by Gasteiger charge is -2.35. The Bertz CT molecular complexity index is 429. The van der Waals surface area contributed by atoms with Crippen LogP contribution in [0.1, 0.15) is 31.2 Å². The first-order valence-electron chi connectivity index (χ1n) is 6.99. The molecule has 2 nitrogen and oxygen atoms in total. The molecular formula is C15H21FN2. The Morgan fingerprint density at radius 1 is 1.22 bits per heavy atom. The van der Waals surface area contributed by atoms with Gasteiger partial charge < -0.3 is 10.2 Å². The van der Waals surface area contributed by atoms with E-state index in [1.165, 1.54) is 31.4 Å². The summed E-state index contributed by atoms with van der Waals surface area (Å²) in [5.74, 6) is -0.138. The fourth-order valence-electron chi connectivity index (χ4n) is 2.89. The smallest absolute Gasteiger partial charge is 0.123 e. The second kappa shape index (κ2) is 4.88. The predicted octanol–water partition coefficient (Wildman–Crippen LogP) is 2.85. The second-order valence-electron chi connectivity index (χ2n) is 5.66. The monoisotopic (exact) mass is 248 g/mol. The highest BCUT2D eigenvalue weighted by Gasteiger charge is 2.27. The van der Waals surface area contributed by atoms with Crippen LogP contribution in [-0.2, 0) is 0 Å². The molecule has 1 aliphatic carbocycles. The van der Waals surface area contributed by atoms with Crippen LogP contribution in [0.3, 0.4) is 0 Å². The molecule has 2 aliphatic rings. The van der Waals surface area contributed by atoms with Crippen molar-refractivity contribution < 1.29 is 4.39 Å². The number of hydrogen-bond acceptors (Lipinski definition) is 2. The highest BCUT2D eigenvalue weighted by atomic mass is 19.1. The molecule has 0 bridgehead atoms. The summed E-state index contributed by atoms with van der Waals surface area (Å²) in [5, 5.41) is 3.71. The summed E-state index contributed by atoms with van der Waals surface area (Å²) in [6.07, 6.45) is 5.17. The van der Waals surface area contributed by atoms with Crippen LogP contribution in [0.2, 0.25) is 0 Å². The number of aryl methyl sites for hydroxylation is 1. The zero-order valence-corrected chi connectivity index (χ0v) is 11.0. The molecular weight excluding hydrogens is 227 g/mol. The van der Waals surface area contributed by atoms with Crippen molar-refractivity contribution in [2.45, 2.75) is 44.7 Å². The first-order valence-corrected chi connectivity index (χ1v) is 6.99. The molecule has 0 spiro atoms. The van der Waals surface area contributed by atoms with Gasteiger partial charge in [-0.1, -0.05) is 0 Å². The lowest BCUT2D eigenvalue weighted by Crippen LogP contribution is -2.46. The highest BCUT2D eigenvalue weighted by Crippen LogP contribution is 2.26. The van der Waals surface area contributed by atoms with E-state index in [1.54, 1.807) is 12.1 Å². The summed E-state index contributed by atoms with van der Waals surface area (Å²) in [6.45, 7) is 4.15. The van der Waals surface area contributed by atoms with Gasteiger partial charge in [-0.25, -0.2) is 4.39 Å². The van der Waals surface area contributed by atoms with E-state index in [9.17, 15) is 4.39 Å². The van der Waals surface area contributed by atoms with Crippen LogP contribution in [0.25, 0.3) is 0 Å². The first-order chi connectivity index (χ1) is 8.72. The van der Waals surface area contributed by atoms with Crippen molar-refractivity contribution in [3.8, 4) is 0 Å². The minimum Gasteiger partial charge on any atom is -0.370 e. The minimum absolute atomic E-state index is 0.138. The summed E-state index contributed by atoms with van der Waals surface area (Å²) in [6, 6.07) is 6.50. The average molecular weight is 248 g/mol. The van der Waals surface area contributed by atoms with Crippen molar-refractivity contribution in [1.29, 1.82) is 0 Å². The molecule has 1 saturated carbocycles. The van der Waals surface area contributed by atoms with Gasteiger partial charge in [-0.2, -0.15) is 0 Å². The van der Waals surface area contributed by atoms with Gasteiger partial charge in [-0.15, -0.1) is 0 Å². The molecule has 1 saturated heterocycles. The summed E-state index contributed by atoms with van der Waals surface area (Å²) >= 11 is 0. The van der Waals surface area contributed by atoms with Crippen LogP contribution in [0.5, 0.6) is 0 Å². The third-order valence-corrected chi connectivity index (χ3v) is 3.97. The normalized spacial score (nSPS) is 24.3. The van der Waals surface area contributed by atoms with E-state index in [0.29, 0.717) is 6.04 Å². The Morgan fingerprint density at radius 3 is 2.78 bits per heavy atom.